The van der Waals surface area contributed by atoms with Crippen LogP contribution in [0.15, 0.2) is 73.1 Å². The lowest BCUT2D eigenvalue weighted by Crippen LogP contribution is -2.19. The first-order valence-electron chi connectivity index (χ1n) is 11.3. The molecule has 0 saturated carbocycles. The molecule has 33 heavy (non-hydrogen) atoms. The van der Waals surface area contributed by atoms with E-state index in [0.717, 1.165) is 46.9 Å². The number of benzene rings is 1. The van der Waals surface area contributed by atoms with Gasteiger partial charge in [-0.25, -0.2) is 4.98 Å². The summed E-state index contributed by atoms with van der Waals surface area (Å²) in [6, 6.07) is 19.1. The molecule has 0 aliphatic heterocycles. The number of amides is 1. The van der Waals surface area contributed by atoms with Crippen LogP contribution in [-0.4, -0.2) is 15.9 Å². The van der Waals surface area contributed by atoms with Crippen LogP contribution in [0.4, 0.5) is 10.8 Å². The molecule has 0 fully saturated rings. The predicted octanol–water partition coefficient (Wildman–Crippen LogP) is 6.18. The van der Waals surface area contributed by atoms with Crippen molar-refractivity contribution in [3.8, 4) is 0 Å². The molecule has 4 aromatic rings. The maximum absolute atomic E-state index is 13.1. The minimum Gasteiger partial charge on any atom is -0.357 e. The lowest BCUT2D eigenvalue weighted by Gasteiger charge is -2.23. The predicted molar refractivity (Wildman–Crippen MR) is 134 cm³/mol. The third-order valence-corrected chi connectivity index (χ3v) is 7.18. The van der Waals surface area contributed by atoms with Crippen LogP contribution < -0.4 is 10.6 Å². The molecule has 1 atom stereocenters. The second-order valence-corrected chi connectivity index (χ2v) is 9.43. The van der Waals surface area contributed by atoms with Gasteiger partial charge in [0.15, 0.2) is 0 Å². The quantitative estimate of drug-likeness (QED) is 0.365. The topological polar surface area (TPSA) is 66.9 Å². The van der Waals surface area contributed by atoms with Gasteiger partial charge in [0.2, 0.25) is 0 Å². The van der Waals surface area contributed by atoms with Gasteiger partial charge in [-0.15, -0.1) is 11.3 Å². The number of carbonyl (C=O) groups is 1. The number of anilines is 2. The molecule has 0 spiro atoms. The Morgan fingerprint density at radius 3 is 2.58 bits per heavy atom. The van der Waals surface area contributed by atoms with Crippen LogP contribution in [0.25, 0.3) is 0 Å². The van der Waals surface area contributed by atoms with E-state index in [1.54, 1.807) is 11.3 Å². The monoisotopic (exact) mass is 454 g/mol. The summed E-state index contributed by atoms with van der Waals surface area (Å²) < 4.78 is 0. The van der Waals surface area contributed by atoms with E-state index < -0.39 is 0 Å². The van der Waals surface area contributed by atoms with Gasteiger partial charge in [-0.05, 0) is 80.1 Å². The van der Waals surface area contributed by atoms with Crippen molar-refractivity contribution in [1.29, 1.82) is 0 Å². The van der Waals surface area contributed by atoms with Gasteiger partial charge in [0.1, 0.15) is 10.8 Å². The van der Waals surface area contributed by atoms with Gasteiger partial charge < -0.3 is 10.6 Å². The molecule has 0 saturated heterocycles. The van der Waals surface area contributed by atoms with Crippen LogP contribution >= 0.6 is 11.3 Å². The smallest absolute Gasteiger partial charge is 0.256 e. The standard InChI is InChI=1S/C27H26N4OS/c1-18-14-16-29-23(17-18)30-25(21-12-7-8-15-28-21)24-20-11-5-6-13-22(20)33-27(24)31-26(32)19-9-3-2-4-10-19/h2-4,7-10,12,14-17,25H,5-6,11,13H2,1H3,(H,29,30)(H,31,32). The largest absolute Gasteiger partial charge is 0.357 e. The summed E-state index contributed by atoms with van der Waals surface area (Å²) in [5.41, 5.74) is 5.14. The maximum Gasteiger partial charge on any atom is 0.256 e. The number of nitrogens with one attached hydrogen (secondary N) is 2. The van der Waals surface area contributed by atoms with Crippen LogP contribution in [0.5, 0.6) is 0 Å². The van der Waals surface area contributed by atoms with Crippen molar-refractivity contribution in [2.75, 3.05) is 10.6 Å². The van der Waals surface area contributed by atoms with Crippen molar-refractivity contribution >= 4 is 28.1 Å². The molecular weight excluding hydrogens is 428 g/mol. The van der Waals surface area contributed by atoms with Crippen molar-refractivity contribution in [2.24, 2.45) is 0 Å². The summed E-state index contributed by atoms with van der Waals surface area (Å²) in [7, 11) is 0. The van der Waals surface area contributed by atoms with Gasteiger partial charge in [-0.2, -0.15) is 0 Å². The molecule has 3 aromatic heterocycles. The molecule has 2 N–H and O–H groups in total. The van der Waals surface area contributed by atoms with Crippen molar-refractivity contribution in [3.05, 3.63) is 106 Å². The van der Waals surface area contributed by atoms with E-state index in [2.05, 4.69) is 27.5 Å². The van der Waals surface area contributed by atoms with Crippen LogP contribution in [0, 0.1) is 6.92 Å². The number of fused-ring (bicyclic) bond motifs is 1. The van der Waals surface area contributed by atoms with E-state index in [1.165, 1.54) is 16.9 Å². The van der Waals surface area contributed by atoms with E-state index in [4.69, 9.17) is 0 Å². The molecule has 3 heterocycles. The highest BCUT2D eigenvalue weighted by molar-refractivity contribution is 7.16. The summed E-state index contributed by atoms with van der Waals surface area (Å²) in [5, 5.41) is 7.74. The number of pyridine rings is 2. The Labute approximate surface area is 197 Å². The summed E-state index contributed by atoms with van der Waals surface area (Å²) >= 11 is 1.70. The molecule has 1 aromatic carbocycles. The average Bonchev–Trinajstić information content (AvgIpc) is 3.21. The highest BCUT2D eigenvalue weighted by atomic mass is 32.1. The van der Waals surface area contributed by atoms with Gasteiger partial charge >= 0.3 is 0 Å². The van der Waals surface area contributed by atoms with Crippen molar-refractivity contribution in [1.82, 2.24) is 9.97 Å². The lowest BCUT2D eigenvalue weighted by molar-refractivity contribution is 0.102. The van der Waals surface area contributed by atoms with E-state index in [9.17, 15) is 4.79 Å². The fourth-order valence-corrected chi connectivity index (χ4v) is 5.68. The Morgan fingerprint density at radius 2 is 1.79 bits per heavy atom. The van der Waals surface area contributed by atoms with E-state index in [0.29, 0.717) is 5.56 Å². The van der Waals surface area contributed by atoms with Crippen LogP contribution in [-0.2, 0) is 12.8 Å². The number of rotatable bonds is 6. The zero-order valence-corrected chi connectivity index (χ0v) is 19.4. The molecule has 5 rings (SSSR count). The second-order valence-electron chi connectivity index (χ2n) is 8.32. The fraction of sp³-hybridized carbons (Fsp3) is 0.222. The highest BCUT2D eigenvalue weighted by Crippen LogP contribution is 2.44. The average molecular weight is 455 g/mol. The van der Waals surface area contributed by atoms with Gasteiger partial charge in [-0.3, -0.25) is 9.78 Å². The Bertz CT molecular complexity index is 1250. The Hall–Kier alpha value is -3.51. The SMILES string of the molecule is Cc1ccnc(NC(c2ccccn2)c2c(NC(=O)c3ccccc3)sc3c2CCCC3)c1. The van der Waals surface area contributed by atoms with Gasteiger partial charge in [0.05, 0.1) is 11.7 Å². The number of aromatic nitrogens is 2. The summed E-state index contributed by atoms with van der Waals surface area (Å²) in [5.74, 6) is 0.700. The molecule has 0 radical (unpaired) electrons. The molecule has 6 heteroatoms. The summed E-state index contributed by atoms with van der Waals surface area (Å²) in [4.78, 5) is 23.7. The zero-order valence-electron chi connectivity index (χ0n) is 18.5. The fourth-order valence-electron chi connectivity index (χ4n) is 4.36. The molecule has 166 valence electrons. The van der Waals surface area contributed by atoms with Crippen LogP contribution in [0.2, 0.25) is 0 Å². The third-order valence-electron chi connectivity index (χ3n) is 5.96. The number of carbonyl (C=O) groups excluding carboxylic acids is 1. The Kier molecular flexibility index (Phi) is 6.17. The molecular formula is C27H26N4OS. The lowest BCUT2D eigenvalue weighted by atomic mass is 9.91. The summed E-state index contributed by atoms with van der Waals surface area (Å²) in [6.07, 6.45) is 8.02. The van der Waals surface area contributed by atoms with E-state index in [1.807, 2.05) is 73.1 Å². The van der Waals surface area contributed by atoms with Gasteiger partial charge in [0, 0.05) is 28.4 Å². The first-order chi connectivity index (χ1) is 16.2. The van der Waals surface area contributed by atoms with Crippen LogP contribution in [0.3, 0.4) is 0 Å². The number of hydrogen-bond donors (Lipinski definition) is 2. The molecule has 1 aliphatic carbocycles. The Balaban J connectivity index is 1.60. The molecule has 0 bridgehead atoms. The van der Waals surface area contributed by atoms with Crippen molar-refractivity contribution in [2.45, 2.75) is 38.6 Å². The normalized spacial score (nSPS) is 13.7. The molecule has 1 unspecified atom stereocenters. The van der Waals surface area contributed by atoms with Gasteiger partial charge in [0.25, 0.3) is 5.91 Å². The van der Waals surface area contributed by atoms with E-state index >= 15 is 0 Å². The molecule has 5 nitrogen and oxygen atoms in total. The van der Waals surface area contributed by atoms with Gasteiger partial charge in [-0.1, -0.05) is 24.3 Å². The van der Waals surface area contributed by atoms with Crippen molar-refractivity contribution < 1.29 is 4.79 Å². The van der Waals surface area contributed by atoms with Crippen molar-refractivity contribution in [3.63, 3.8) is 0 Å². The highest BCUT2D eigenvalue weighted by Gasteiger charge is 2.29. The van der Waals surface area contributed by atoms with Crippen LogP contribution in [0.1, 0.15) is 56.5 Å². The first-order valence-corrected chi connectivity index (χ1v) is 12.1. The minimum absolute atomic E-state index is 0.0936. The first kappa shape index (κ1) is 21.3. The molecule has 1 amide bonds. The number of nitrogens with zero attached hydrogens (tertiary/aromatic N) is 2. The number of hydrogen-bond acceptors (Lipinski definition) is 5. The second kappa shape index (κ2) is 9.55. The maximum atomic E-state index is 13.1. The van der Waals surface area contributed by atoms with E-state index in [-0.39, 0.29) is 11.9 Å². The molecule has 1 aliphatic rings. The zero-order chi connectivity index (χ0) is 22.6. The minimum atomic E-state index is -0.218. The number of thiophene rings is 1. The number of aryl methyl sites for hydroxylation is 2. The Morgan fingerprint density at radius 1 is 0.970 bits per heavy atom. The third kappa shape index (κ3) is 4.66. The summed E-state index contributed by atoms with van der Waals surface area (Å²) in [6.45, 7) is 2.06.